The van der Waals surface area contributed by atoms with Gasteiger partial charge in [0.25, 0.3) is 5.91 Å². The van der Waals surface area contributed by atoms with E-state index in [1.165, 1.54) is 24.3 Å². The number of benzene rings is 2. The van der Waals surface area contributed by atoms with E-state index in [9.17, 15) is 17.6 Å². The predicted molar refractivity (Wildman–Crippen MR) is 111 cm³/mol. The van der Waals surface area contributed by atoms with Gasteiger partial charge in [0.1, 0.15) is 10.7 Å². The molecule has 2 aromatic carbocycles. The van der Waals surface area contributed by atoms with Crippen molar-refractivity contribution in [3.63, 3.8) is 0 Å². The average Bonchev–Trinajstić information content (AvgIpc) is 2.69. The molecule has 0 saturated carbocycles. The Morgan fingerprint density at radius 2 is 1.83 bits per heavy atom. The van der Waals surface area contributed by atoms with Gasteiger partial charge in [-0.05, 0) is 55.5 Å². The molecule has 29 heavy (non-hydrogen) atoms. The van der Waals surface area contributed by atoms with Crippen LogP contribution in [-0.4, -0.2) is 38.9 Å². The van der Waals surface area contributed by atoms with Gasteiger partial charge in [0.15, 0.2) is 0 Å². The van der Waals surface area contributed by atoms with Crippen LogP contribution in [0.4, 0.5) is 4.39 Å². The minimum absolute atomic E-state index is 0.00627. The largest absolute Gasteiger partial charge is 0.339 e. The van der Waals surface area contributed by atoms with E-state index in [0.29, 0.717) is 36.5 Å². The Bertz CT molecular complexity index is 1020. The van der Waals surface area contributed by atoms with Crippen LogP contribution in [0.1, 0.15) is 28.8 Å². The number of carbonyl (C=O) groups excluding carboxylic acids is 1. The molecule has 1 saturated heterocycles. The SMILES string of the molecule is Cc1cc(S(=O)(=O)NCC2CCN(C(=O)c3ccccc3F)CC2)c(Cl)cc1Cl. The maximum atomic E-state index is 13.8. The number of nitrogens with one attached hydrogen (secondary N) is 1. The number of aryl methyl sites for hydroxylation is 1. The number of likely N-dealkylation sites (tertiary alicyclic amines) is 1. The Hall–Kier alpha value is -1.67. The highest BCUT2D eigenvalue weighted by atomic mass is 35.5. The minimum Gasteiger partial charge on any atom is -0.339 e. The number of piperidine rings is 1. The van der Waals surface area contributed by atoms with E-state index < -0.39 is 15.8 Å². The van der Waals surface area contributed by atoms with Crippen molar-refractivity contribution >= 4 is 39.1 Å². The Morgan fingerprint density at radius 1 is 1.17 bits per heavy atom. The summed E-state index contributed by atoms with van der Waals surface area (Å²) < 4.78 is 41.6. The molecule has 1 fully saturated rings. The number of halogens is 3. The molecule has 0 aromatic heterocycles. The van der Waals surface area contributed by atoms with Crippen LogP contribution >= 0.6 is 23.2 Å². The quantitative estimate of drug-likeness (QED) is 0.726. The standard InChI is InChI=1S/C20H21Cl2FN2O3S/c1-13-10-19(17(22)11-16(13)21)29(27,28)24-12-14-6-8-25(9-7-14)20(26)15-4-2-3-5-18(15)23/h2-5,10-11,14,24H,6-9,12H2,1H3. The number of nitrogens with zero attached hydrogens (tertiary/aromatic N) is 1. The second-order valence-corrected chi connectivity index (χ2v) is 9.65. The van der Waals surface area contributed by atoms with Gasteiger partial charge >= 0.3 is 0 Å². The van der Waals surface area contributed by atoms with Crippen molar-refractivity contribution in [2.24, 2.45) is 5.92 Å². The average molecular weight is 459 g/mol. The lowest BCUT2D eigenvalue weighted by Gasteiger charge is -2.32. The van der Waals surface area contributed by atoms with Crippen LogP contribution in [0.2, 0.25) is 10.0 Å². The van der Waals surface area contributed by atoms with Gasteiger partial charge in [0.05, 0.1) is 10.6 Å². The van der Waals surface area contributed by atoms with E-state index in [2.05, 4.69) is 4.72 Å². The van der Waals surface area contributed by atoms with Crippen LogP contribution in [0.25, 0.3) is 0 Å². The van der Waals surface area contributed by atoms with Crippen molar-refractivity contribution in [2.75, 3.05) is 19.6 Å². The van der Waals surface area contributed by atoms with Crippen molar-refractivity contribution in [3.8, 4) is 0 Å². The first-order valence-corrected chi connectivity index (χ1v) is 11.4. The van der Waals surface area contributed by atoms with Crippen LogP contribution in [-0.2, 0) is 10.0 Å². The summed E-state index contributed by atoms with van der Waals surface area (Å²) in [5.41, 5.74) is 0.677. The van der Waals surface area contributed by atoms with Crippen LogP contribution in [0.5, 0.6) is 0 Å². The molecule has 3 rings (SSSR count). The molecule has 156 valence electrons. The summed E-state index contributed by atoms with van der Waals surface area (Å²) in [6.45, 7) is 2.84. The topological polar surface area (TPSA) is 66.5 Å². The molecule has 1 amide bonds. The molecule has 0 unspecified atom stereocenters. The summed E-state index contributed by atoms with van der Waals surface area (Å²) >= 11 is 12.0. The maximum Gasteiger partial charge on any atom is 0.256 e. The third kappa shape index (κ3) is 5.09. The Labute approximate surface area is 179 Å². The Morgan fingerprint density at radius 3 is 2.48 bits per heavy atom. The summed E-state index contributed by atoms with van der Waals surface area (Å²) in [4.78, 5) is 14.1. The molecule has 1 heterocycles. The van der Waals surface area contributed by atoms with Crippen molar-refractivity contribution in [2.45, 2.75) is 24.7 Å². The minimum atomic E-state index is -3.78. The summed E-state index contributed by atoms with van der Waals surface area (Å²) in [6, 6.07) is 8.76. The first-order valence-electron chi connectivity index (χ1n) is 9.18. The molecule has 9 heteroatoms. The van der Waals surface area contributed by atoms with Crippen LogP contribution in [0.15, 0.2) is 41.3 Å². The molecule has 0 aliphatic carbocycles. The lowest BCUT2D eigenvalue weighted by atomic mass is 9.96. The van der Waals surface area contributed by atoms with Gasteiger partial charge in [-0.25, -0.2) is 17.5 Å². The first-order chi connectivity index (χ1) is 13.7. The number of amides is 1. The Balaban J connectivity index is 1.58. The maximum absolute atomic E-state index is 13.8. The van der Waals surface area contributed by atoms with E-state index in [4.69, 9.17) is 23.2 Å². The summed E-state index contributed by atoms with van der Waals surface area (Å²) in [6.07, 6.45) is 1.24. The van der Waals surface area contributed by atoms with E-state index >= 15 is 0 Å². The zero-order valence-electron chi connectivity index (χ0n) is 15.8. The lowest BCUT2D eigenvalue weighted by molar-refractivity contribution is 0.0687. The second kappa shape index (κ2) is 9.00. The van der Waals surface area contributed by atoms with Crippen molar-refractivity contribution < 1.29 is 17.6 Å². The Kier molecular flexibility index (Phi) is 6.83. The molecule has 0 atom stereocenters. The molecule has 5 nitrogen and oxygen atoms in total. The van der Waals surface area contributed by atoms with Gasteiger partial charge in [-0.15, -0.1) is 0 Å². The first kappa shape index (κ1) is 22.0. The van der Waals surface area contributed by atoms with E-state index in [1.54, 1.807) is 24.0 Å². The number of sulfonamides is 1. The van der Waals surface area contributed by atoms with Gasteiger partial charge in [0.2, 0.25) is 10.0 Å². The fourth-order valence-corrected chi connectivity index (χ4v) is 5.23. The van der Waals surface area contributed by atoms with Gasteiger partial charge in [-0.1, -0.05) is 35.3 Å². The van der Waals surface area contributed by atoms with Gasteiger partial charge in [-0.3, -0.25) is 4.79 Å². The molecule has 1 aliphatic heterocycles. The highest BCUT2D eigenvalue weighted by molar-refractivity contribution is 7.89. The molecule has 0 spiro atoms. The normalized spacial score (nSPS) is 15.5. The summed E-state index contributed by atoms with van der Waals surface area (Å²) in [7, 11) is -3.78. The molecular weight excluding hydrogens is 438 g/mol. The fraction of sp³-hybridized carbons (Fsp3) is 0.350. The molecule has 1 N–H and O–H groups in total. The number of hydrogen-bond donors (Lipinski definition) is 1. The second-order valence-electron chi connectivity index (χ2n) is 7.10. The molecular formula is C20H21Cl2FN2O3S. The van der Waals surface area contributed by atoms with Crippen LogP contribution < -0.4 is 4.72 Å². The van der Waals surface area contributed by atoms with Gasteiger partial charge < -0.3 is 4.90 Å². The van der Waals surface area contributed by atoms with Gasteiger partial charge in [0, 0.05) is 24.7 Å². The molecule has 1 aliphatic rings. The lowest BCUT2D eigenvalue weighted by Crippen LogP contribution is -2.41. The third-order valence-corrected chi connectivity index (χ3v) is 7.37. The van der Waals surface area contributed by atoms with E-state index in [1.807, 2.05) is 0 Å². The number of hydrogen-bond acceptors (Lipinski definition) is 3. The highest BCUT2D eigenvalue weighted by Gasteiger charge is 2.27. The van der Waals surface area contributed by atoms with Gasteiger partial charge in [-0.2, -0.15) is 0 Å². The van der Waals surface area contributed by atoms with E-state index in [-0.39, 0.29) is 33.9 Å². The zero-order valence-corrected chi connectivity index (χ0v) is 18.1. The summed E-state index contributed by atoms with van der Waals surface area (Å²) in [5, 5.41) is 0.472. The number of carbonyl (C=O) groups is 1. The highest BCUT2D eigenvalue weighted by Crippen LogP contribution is 2.28. The molecule has 0 radical (unpaired) electrons. The monoisotopic (exact) mass is 458 g/mol. The summed E-state index contributed by atoms with van der Waals surface area (Å²) in [5.74, 6) is -0.810. The van der Waals surface area contributed by atoms with Crippen molar-refractivity contribution in [1.82, 2.24) is 9.62 Å². The molecule has 2 aromatic rings. The molecule has 0 bridgehead atoms. The number of rotatable bonds is 5. The van der Waals surface area contributed by atoms with Crippen LogP contribution in [0.3, 0.4) is 0 Å². The van der Waals surface area contributed by atoms with E-state index in [0.717, 1.165) is 0 Å². The van der Waals surface area contributed by atoms with Crippen LogP contribution in [0, 0.1) is 18.7 Å². The third-order valence-electron chi connectivity index (χ3n) is 5.07. The zero-order chi connectivity index (χ0) is 21.2. The van der Waals surface area contributed by atoms with Crippen molar-refractivity contribution in [1.29, 1.82) is 0 Å². The van der Waals surface area contributed by atoms with Crippen molar-refractivity contribution in [3.05, 3.63) is 63.4 Å². The smallest absolute Gasteiger partial charge is 0.256 e. The fourth-order valence-electron chi connectivity index (χ4n) is 3.29. The predicted octanol–water partition coefficient (Wildman–Crippen LogP) is 4.27.